The Hall–Kier alpha value is -2.24. The van der Waals surface area contributed by atoms with Gasteiger partial charge in [-0.15, -0.1) is 11.3 Å². The van der Waals surface area contributed by atoms with Crippen LogP contribution in [0.4, 0.5) is 5.69 Å². The molecule has 36 heavy (non-hydrogen) atoms. The van der Waals surface area contributed by atoms with E-state index in [0.29, 0.717) is 0 Å². The van der Waals surface area contributed by atoms with Crippen LogP contribution in [0, 0.1) is 5.41 Å². The third kappa shape index (κ3) is 3.73. The van der Waals surface area contributed by atoms with Crippen molar-refractivity contribution < 1.29 is 4.79 Å². The average Bonchev–Trinajstić information content (AvgIpc) is 3.37. The highest BCUT2D eigenvalue weighted by atomic mass is 32.2. The van der Waals surface area contributed by atoms with Gasteiger partial charge in [0.15, 0.2) is 0 Å². The lowest BCUT2D eigenvalue weighted by atomic mass is 9.82. The van der Waals surface area contributed by atoms with E-state index in [1.807, 2.05) is 11.8 Å². The second-order valence-corrected chi connectivity index (χ2v) is 13.6. The fraction of sp³-hybridized carbons (Fsp3) is 0.452. The maximum Gasteiger partial charge on any atom is 0.263 e. The highest BCUT2D eigenvalue weighted by molar-refractivity contribution is 8.03. The Kier molecular flexibility index (Phi) is 5.52. The maximum absolute atomic E-state index is 13.3. The first-order valence-corrected chi connectivity index (χ1v) is 15.3. The molecule has 186 valence electrons. The average molecular weight is 515 g/mol. The number of fused-ring (bicyclic) bond motifs is 3. The summed E-state index contributed by atoms with van der Waals surface area (Å²) in [7, 11) is 0. The number of aryl methyl sites for hydroxylation is 1. The molecule has 0 spiro atoms. The van der Waals surface area contributed by atoms with Crippen molar-refractivity contribution in [1.29, 1.82) is 0 Å². The Morgan fingerprint density at radius 2 is 1.78 bits per heavy atom. The quantitative estimate of drug-likeness (QED) is 0.416. The topological polar surface area (TPSA) is 23.6 Å². The first kappa shape index (κ1) is 22.9. The summed E-state index contributed by atoms with van der Waals surface area (Å²) in [4.78, 5) is 23.0. The minimum Gasteiger partial charge on any atom is -0.371 e. The van der Waals surface area contributed by atoms with Crippen LogP contribution in [-0.4, -0.2) is 37.0 Å². The summed E-state index contributed by atoms with van der Waals surface area (Å²) in [5, 5.41) is 0. The monoisotopic (exact) mass is 514 g/mol. The summed E-state index contributed by atoms with van der Waals surface area (Å²) in [6.07, 6.45) is 15.5. The van der Waals surface area contributed by atoms with Gasteiger partial charge >= 0.3 is 0 Å². The normalized spacial score (nSPS) is 22.1. The van der Waals surface area contributed by atoms with Gasteiger partial charge in [0.05, 0.1) is 4.88 Å². The molecule has 4 aliphatic heterocycles. The summed E-state index contributed by atoms with van der Waals surface area (Å²) < 4.78 is 0. The fourth-order valence-electron chi connectivity index (χ4n) is 6.63. The minimum atomic E-state index is 0.0523. The Morgan fingerprint density at radius 3 is 2.61 bits per heavy atom. The molecule has 0 saturated carbocycles. The summed E-state index contributed by atoms with van der Waals surface area (Å²) in [6, 6.07) is 6.81. The number of nitrogens with zero attached hydrogens (tertiary/aromatic N) is 2. The number of likely N-dealkylation sites (tertiary alicyclic amines) is 1. The number of allylic oxidation sites excluding steroid dienone is 4. The van der Waals surface area contributed by atoms with E-state index in [0.717, 1.165) is 30.8 Å². The largest absolute Gasteiger partial charge is 0.371 e. The molecule has 5 heterocycles. The van der Waals surface area contributed by atoms with Crippen molar-refractivity contribution >= 4 is 40.3 Å². The van der Waals surface area contributed by atoms with Crippen LogP contribution in [0.15, 0.2) is 51.8 Å². The fourth-order valence-corrected chi connectivity index (χ4v) is 9.13. The molecule has 0 unspecified atom stereocenters. The third-order valence-corrected chi connectivity index (χ3v) is 10.7. The summed E-state index contributed by atoms with van der Waals surface area (Å²) >= 11 is 3.69. The molecule has 0 radical (unpaired) electrons. The van der Waals surface area contributed by atoms with Crippen LogP contribution in [0.3, 0.4) is 0 Å². The zero-order valence-corrected chi connectivity index (χ0v) is 23.0. The molecule has 1 fully saturated rings. The molecule has 0 N–H and O–H groups in total. The van der Waals surface area contributed by atoms with Crippen molar-refractivity contribution in [2.75, 3.05) is 31.1 Å². The number of hydrogen-bond acceptors (Lipinski definition) is 4. The lowest BCUT2D eigenvalue weighted by Crippen LogP contribution is -2.35. The van der Waals surface area contributed by atoms with Crippen LogP contribution in [0.5, 0.6) is 0 Å². The summed E-state index contributed by atoms with van der Waals surface area (Å²) in [6.45, 7) is 8.78. The number of thiophene rings is 1. The number of benzene rings is 1. The predicted octanol–water partition coefficient (Wildman–Crippen LogP) is 7.46. The zero-order chi connectivity index (χ0) is 24.4. The van der Waals surface area contributed by atoms with E-state index in [9.17, 15) is 4.79 Å². The molecule has 7 rings (SSSR count). The van der Waals surface area contributed by atoms with Gasteiger partial charge in [0.2, 0.25) is 0 Å². The van der Waals surface area contributed by atoms with Crippen LogP contribution in [-0.2, 0) is 12.8 Å². The van der Waals surface area contributed by atoms with Gasteiger partial charge in [-0.3, -0.25) is 4.79 Å². The second-order valence-electron chi connectivity index (χ2n) is 11.5. The number of hydrogen-bond donors (Lipinski definition) is 0. The smallest absolute Gasteiger partial charge is 0.263 e. The second kappa shape index (κ2) is 8.66. The van der Waals surface area contributed by atoms with Gasteiger partial charge in [-0.2, -0.15) is 0 Å². The Morgan fingerprint density at radius 1 is 0.972 bits per heavy atom. The summed E-state index contributed by atoms with van der Waals surface area (Å²) in [5.41, 5.74) is 8.77. The molecule has 3 nitrogen and oxygen atoms in total. The molecule has 1 aliphatic carbocycles. The van der Waals surface area contributed by atoms with Gasteiger partial charge in [0.25, 0.3) is 5.91 Å². The van der Waals surface area contributed by atoms with Crippen molar-refractivity contribution in [3.63, 3.8) is 0 Å². The van der Waals surface area contributed by atoms with E-state index in [1.165, 1.54) is 82.1 Å². The SMILES string of the molecule is CC1(C)C=CC2=C(c3ccc(C(=O)N4CCCCC4)s3)c3cc4c5c(c3SC2=C1)CCCN5CCC4. The Balaban J connectivity index is 1.39. The number of anilines is 1. The molecule has 5 heteroatoms. The van der Waals surface area contributed by atoms with Crippen LogP contribution in [0.1, 0.15) is 77.2 Å². The predicted molar refractivity (Wildman–Crippen MR) is 152 cm³/mol. The van der Waals surface area contributed by atoms with Gasteiger partial charge in [-0.25, -0.2) is 0 Å². The minimum absolute atomic E-state index is 0.0523. The van der Waals surface area contributed by atoms with Crippen molar-refractivity contribution in [2.24, 2.45) is 5.41 Å². The van der Waals surface area contributed by atoms with Gasteiger partial charge in [-0.1, -0.05) is 43.8 Å². The molecule has 0 bridgehead atoms. The van der Waals surface area contributed by atoms with E-state index >= 15 is 0 Å². The molecule has 5 aliphatic rings. The van der Waals surface area contributed by atoms with E-state index in [4.69, 9.17) is 0 Å². The molecule has 0 atom stereocenters. The number of piperidine rings is 1. The van der Waals surface area contributed by atoms with Gasteiger partial charge < -0.3 is 9.80 Å². The molecule has 1 aromatic carbocycles. The van der Waals surface area contributed by atoms with Gasteiger partial charge in [-0.05, 0) is 85.4 Å². The maximum atomic E-state index is 13.3. The van der Waals surface area contributed by atoms with E-state index in [-0.39, 0.29) is 11.3 Å². The highest BCUT2D eigenvalue weighted by Crippen LogP contribution is 2.55. The molecule has 2 aromatic rings. The van der Waals surface area contributed by atoms with Crippen LogP contribution < -0.4 is 4.90 Å². The van der Waals surface area contributed by atoms with Crippen molar-refractivity contribution in [1.82, 2.24) is 4.90 Å². The van der Waals surface area contributed by atoms with Crippen LogP contribution >= 0.6 is 23.1 Å². The molecule has 1 saturated heterocycles. The number of carbonyl (C=O) groups is 1. The molecule has 1 aromatic heterocycles. The van der Waals surface area contributed by atoms with Crippen molar-refractivity contribution in [3.8, 4) is 0 Å². The molecular formula is C31H34N2OS2. The highest BCUT2D eigenvalue weighted by Gasteiger charge is 2.35. The van der Waals surface area contributed by atoms with Gasteiger partial charge in [0.1, 0.15) is 0 Å². The van der Waals surface area contributed by atoms with Crippen LogP contribution in [0.25, 0.3) is 5.57 Å². The first-order valence-electron chi connectivity index (χ1n) is 13.7. The Labute approximate surface area is 222 Å². The number of rotatable bonds is 2. The number of carbonyl (C=O) groups excluding carboxylic acids is 1. The third-order valence-electron chi connectivity index (χ3n) is 8.38. The van der Waals surface area contributed by atoms with Crippen molar-refractivity contribution in [3.05, 3.63) is 73.4 Å². The number of amides is 1. The van der Waals surface area contributed by atoms with Gasteiger partial charge in [0, 0.05) is 57.5 Å². The first-order chi connectivity index (χ1) is 17.5. The van der Waals surface area contributed by atoms with Crippen molar-refractivity contribution in [2.45, 2.75) is 63.7 Å². The van der Waals surface area contributed by atoms with E-state index in [1.54, 1.807) is 22.6 Å². The molecule has 1 amide bonds. The molecular weight excluding hydrogens is 480 g/mol. The standard InChI is InChI=1S/C31H34N2OS2/c1-31(2)13-12-21-26(19-31)36-29-22-9-7-17-32-16-6-8-20(28(22)32)18-23(29)27(21)24-10-11-25(35-24)30(34)33-14-4-3-5-15-33/h10-13,18-19H,3-9,14-17H2,1-2H3. The number of thioether (sulfide) groups is 1. The Bertz CT molecular complexity index is 1350. The van der Waals surface area contributed by atoms with E-state index in [2.05, 4.69) is 60.1 Å². The lowest BCUT2D eigenvalue weighted by Gasteiger charge is -2.40. The summed E-state index contributed by atoms with van der Waals surface area (Å²) in [5.74, 6) is 0.217. The zero-order valence-electron chi connectivity index (χ0n) is 21.4. The lowest BCUT2D eigenvalue weighted by molar-refractivity contribution is 0.0729. The van der Waals surface area contributed by atoms with E-state index < -0.39 is 0 Å². The van der Waals surface area contributed by atoms with Crippen LogP contribution in [0.2, 0.25) is 0 Å².